The van der Waals surface area contributed by atoms with E-state index in [2.05, 4.69) is 0 Å². The number of likely N-dealkylation sites (tertiary alicyclic amines) is 1. The molecule has 1 N–H and O–H groups in total. The van der Waals surface area contributed by atoms with E-state index in [9.17, 15) is 19.1 Å². The minimum absolute atomic E-state index is 0.0115. The summed E-state index contributed by atoms with van der Waals surface area (Å²) < 4.78 is 13.0. The second kappa shape index (κ2) is 5.47. The van der Waals surface area contributed by atoms with Gasteiger partial charge >= 0.3 is 5.97 Å². The summed E-state index contributed by atoms with van der Waals surface area (Å²) in [4.78, 5) is 25.7. The first-order valence-corrected chi connectivity index (χ1v) is 7.39. The highest BCUT2D eigenvalue weighted by Gasteiger charge is 2.47. The Morgan fingerprint density at radius 3 is 2.48 bits per heavy atom. The molecule has 4 nitrogen and oxygen atoms in total. The van der Waals surface area contributed by atoms with E-state index in [1.807, 2.05) is 0 Å². The van der Waals surface area contributed by atoms with Crippen molar-refractivity contribution in [3.63, 3.8) is 0 Å². The van der Waals surface area contributed by atoms with Gasteiger partial charge in [0.1, 0.15) is 11.9 Å². The summed E-state index contributed by atoms with van der Waals surface area (Å²) in [7, 11) is 0. The summed E-state index contributed by atoms with van der Waals surface area (Å²) >= 11 is 0. The van der Waals surface area contributed by atoms with E-state index in [-0.39, 0.29) is 17.9 Å². The monoisotopic (exact) mass is 291 g/mol. The van der Waals surface area contributed by atoms with Crippen LogP contribution in [0.5, 0.6) is 0 Å². The second-order valence-corrected chi connectivity index (χ2v) is 5.92. The highest BCUT2D eigenvalue weighted by atomic mass is 19.1. The maximum atomic E-state index is 13.0. The number of nitrogens with zero attached hydrogens (tertiary/aromatic N) is 1. The summed E-state index contributed by atoms with van der Waals surface area (Å²) in [5, 5.41) is 9.42. The molecule has 1 aliphatic heterocycles. The van der Waals surface area contributed by atoms with E-state index in [4.69, 9.17) is 0 Å². The first-order chi connectivity index (χ1) is 10.1. The number of carboxylic acids is 1. The lowest BCUT2D eigenvalue weighted by Crippen LogP contribution is -2.46. The Labute approximate surface area is 122 Å². The van der Waals surface area contributed by atoms with E-state index >= 15 is 0 Å². The molecule has 1 heterocycles. The molecule has 5 heteroatoms. The largest absolute Gasteiger partial charge is 0.480 e. The Balaban J connectivity index is 1.90. The van der Waals surface area contributed by atoms with Gasteiger partial charge in [-0.05, 0) is 49.4 Å². The van der Waals surface area contributed by atoms with Crippen molar-refractivity contribution in [2.75, 3.05) is 0 Å². The normalized spacial score (nSPS) is 28.2. The lowest BCUT2D eigenvalue weighted by atomic mass is 9.84. The number of hydrogen-bond acceptors (Lipinski definition) is 2. The Morgan fingerprint density at radius 2 is 1.81 bits per heavy atom. The van der Waals surface area contributed by atoms with Gasteiger partial charge in [-0.2, -0.15) is 0 Å². The average molecular weight is 291 g/mol. The summed E-state index contributed by atoms with van der Waals surface area (Å²) in [6.07, 6.45) is 4.52. The van der Waals surface area contributed by atoms with Crippen molar-refractivity contribution in [3.05, 3.63) is 35.6 Å². The number of halogens is 1. The van der Waals surface area contributed by atoms with E-state index in [0.29, 0.717) is 12.0 Å². The molecule has 3 atom stereocenters. The SMILES string of the molecule is O=C(O)C1CC2CCCCC2N1C(=O)c1ccc(F)cc1. The molecule has 112 valence electrons. The fourth-order valence-corrected chi connectivity index (χ4v) is 3.71. The van der Waals surface area contributed by atoms with Gasteiger partial charge in [0.15, 0.2) is 0 Å². The molecule has 0 bridgehead atoms. The second-order valence-electron chi connectivity index (χ2n) is 5.92. The first-order valence-electron chi connectivity index (χ1n) is 7.39. The smallest absolute Gasteiger partial charge is 0.326 e. The molecule has 2 fully saturated rings. The number of carbonyl (C=O) groups is 2. The van der Waals surface area contributed by atoms with Gasteiger partial charge in [-0.25, -0.2) is 9.18 Å². The molecule has 0 spiro atoms. The van der Waals surface area contributed by atoms with Crippen molar-refractivity contribution in [1.82, 2.24) is 4.90 Å². The van der Waals surface area contributed by atoms with Crippen molar-refractivity contribution in [3.8, 4) is 0 Å². The number of fused-ring (bicyclic) bond motifs is 1. The molecule has 1 saturated heterocycles. The lowest BCUT2D eigenvalue weighted by Gasteiger charge is -2.33. The predicted octanol–water partition coefficient (Wildman–Crippen LogP) is 2.68. The molecule has 21 heavy (non-hydrogen) atoms. The van der Waals surface area contributed by atoms with E-state index in [0.717, 1.165) is 25.7 Å². The van der Waals surface area contributed by atoms with Crippen LogP contribution in [0.1, 0.15) is 42.5 Å². The summed E-state index contributed by atoms with van der Waals surface area (Å²) in [5.41, 5.74) is 0.355. The van der Waals surface area contributed by atoms with Gasteiger partial charge in [-0.1, -0.05) is 12.8 Å². The van der Waals surface area contributed by atoms with Crippen molar-refractivity contribution < 1.29 is 19.1 Å². The van der Waals surface area contributed by atoms with Crippen LogP contribution in [-0.4, -0.2) is 34.0 Å². The topological polar surface area (TPSA) is 57.6 Å². The van der Waals surface area contributed by atoms with Crippen LogP contribution in [0.3, 0.4) is 0 Å². The Morgan fingerprint density at radius 1 is 1.14 bits per heavy atom. The third-order valence-electron chi connectivity index (χ3n) is 4.70. The molecule has 1 amide bonds. The standard InChI is InChI=1S/C16H18FNO3/c17-12-7-5-10(6-8-12)15(19)18-13-4-2-1-3-11(13)9-14(18)16(20)21/h5-8,11,13-14H,1-4,9H2,(H,20,21). The molecule has 0 radical (unpaired) electrons. The highest BCUT2D eigenvalue weighted by molar-refractivity contribution is 5.97. The van der Waals surface area contributed by atoms with Gasteiger partial charge in [0.2, 0.25) is 0 Å². The molecule has 1 aromatic carbocycles. The molecular formula is C16H18FNO3. The van der Waals surface area contributed by atoms with Crippen LogP contribution in [0.25, 0.3) is 0 Å². The van der Waals surface area contributed by atoms with Gasteiger partial charge in [0.05, 0.1) is 0 Å². The van der Waals surface area contributed by atoms with Crippen LogP contribution in [0, 0.1) is 11.7 Å². The molecule has 1 aromatic rings. The predicted molar refractivity (Wildman–Crippen MR) is 74.4 cm³/mol. The molecule has 3 unspecified atom stereocenters. The van der Waals surface area contributed by atoms with Gasteiger partial charge in [0.25, 0.3) is 5.91 Å². The van der Waals surface area contributed by atoms with E-state index in [1.54, 1.807) is 0 Å². The number of aliphatic carboxylic acids is 1. The highest BCUT2D eigenvalue weighted by Crippen LogP contribution is 2.40. The van der Waals surface area contributed by atoms with Gasteiger partial charge < -0.3 is 10.0 Å². The third-order valence-corrected chi connectivity index (χ3v) is 4.70. The van der Waals surface area contributed by atoms with Crippen LogP contribution in [0.15, 0.2) is 24.3 Å². The van der Waals surface area contributed by atoms with Crippen LogP contribution in [0.4, 0.5) is 4.39 Å². The summed E-state index contributed by atoms with van der Waals surface area (Å²) in [5.74, 6) is -1.36. The zero-order valence-electron chi connectivity index (χ0n) is 11.7. The van der Waals surface area contributed by atoms with Crippen molar-refractivity contribution in [2.24, 2.45) is 5.92 Å². The first kappa shape index (κ1) is 14.0. The van der Waals surface area contributed by atoms with Crippen molar-refractivity contribution >= 4 is 11.9 Å². The van der Waals surface area contributed by atoms with Gasteiger partial charge in [-0.3, -0.25) is 4.79 Å². The third kappa shape index (κ3) is 2.52. The zero-order chi connectivity index (χ0) is 15.0. The van der Waals surface area contributed by atoms with Crippen LogP contribution in [0.2, 0.25) is 0 Å². The molecular weight excluding hydrogens is 273 g/mol. The Bertz CT molecular complexity index is 557. The molecule has 2 aliphatic rings. The molecule has 1 aliphatic carbocycles. The maximum absolute atomic E-state index is 13.0. The number of carboxylic acid groups (broad SMARTS) is 1. The van der Waals surface area contributed by atoms with Gasteiger partial charge in [-0.15, -0.1) is 0 Å². The Hall–Kier alpha value is -1.91. The molecule has 0 aromatic heterocycles. The minimum atomic E-state index is -0.945. The number of benzene rings is 1. The van der Waals surface area contributed by atoms with Crippen molar-refractivity contribution in [2.45, 2.75) is 44.2 Å². The van der Waals surface area contributed by atoms with Crippen LogP contribution in [-0.2, 0) is 4.79 Å². The minimum Gasteiger partial charge on any atom is -0.480 e. The fraction of sp³-hybridized carbons (Fsp3) is 0.500. The number of hydrogen-bond donors (Lipinski definition) is 1. The number of carbonyl (C=O) groups excluding carboxylic acids is 1. The maximum Gasteiger partial charge on any atom is 0.326 e. The van der Waals surface area contributed by atoms with Crippen LogP contribution < -0.4 is 0 Å². The average Bonchev–Trinajstić information content (AvgIpc) is 2.87. The van der Waals surface area contributed by atoms with Crippen LogP contribution >= 0.6 is 0 Å². The quantitative estimate of drug-likeness (QED) is 0.911. The number of rotatable bonds is 2. The Kier molecular flexibility index (Phi) is 3.66. The zero-order valence-corrected chi connectivity index (χ0v) is 11.7. The molecule has 3 rings (SSSR count). The fourth-order valence-electron chi connectivity index (χ4n) is 3.71. The summed E-state index contributed by atoms with van der Waals surface area (Å²) in [6, 6.07) is 4.57. The van der Waals surface area contributed by atoms with Crippen molar-refractivity contribution in [1.29, 1.82) is 0 Å². The number of amides is 1. The summed E-state index contributed by atoms with van der Waals surface area (Å²) in [6.45, 7) is 0. The molecule has 1 saturated carbocycles. The lowest BCUT2D eigenvalue weighted by molar-refractivity contribution is -0.141. The van der Waals surface area contributed by atoms with E-state index in [1.165, 1.54) is 29.2 Å². The van der Waals surface area contributed by atoms with Gasteiger partial charge in [0, 0.05) is 11.6 Å². The van der Waals surface area contributed by atoms with E-state index < -0.39 is 17.8 Å².